The molecule has 114 valence electrons. The van der Waals surface area contributed by atoms with Crippen LogP contribution in [0.5, 0.6) is 0 Å². The molecule has 0 aliphatic carbocycles. The van der Waals surface area contributed by atoms with Gasteiger partial charge in [-0.2, -0.15) is 13.2 Å². The molecule has 2 heterocycles. The predicted molar refractivity (Wildman–Crippen MR) is 76.3 cm³/mol. The van der Waals surface area contributed by atoms with Crippen LogP contribution in [0.2, 0.25) is 0 Å². The van der Waals surface area contributed by atoms with Crippen LogP contribution in [0.4, 0.5) is 13.2 Å². The molecule has 1 N–H and O–H groups in total. The van der Waals surface area contributed by atoms with E-state index in [0.29, 0.717) is 12.0 Å². The Morgan fingerprint density at radius 1 is 1.29 bits per heavy atom. The topological polar surface area (TPSA) is 37.8 Å². The highest BCUT2D eigenvalue weighted by atomic mass is 32.1. The first kappa shape index (κ1) is 15.9. The number of alkyl halides is 3. The quantitative estimate of drug-likeness (QED) is 0.890. The Labute approximate surface area is 125 Å². The molecule has 7 heteroatoms. The van der Waals surface area contributed by atoms with E-state index in [2.05, 4.69) is 15.3 Å². The monoisotopic (exact) mass is 315 g/mol. The van der Waals surface area contributed by atoms with E-state index in [9.17, 15) is 13.2 Å². The third kappa shape index (κ3) is 5.09. The zero-order valence-electron chi connectivity index (χ0n) is 11.5. The normalized spacial score (nSPS) is 13.3. The Morgan fingerprint density at radius 3 is 2.57 bits per heavy atom. The van der Waals surface area contributed by atoms with Gasteiger partial charge in [-0.3, -0.25) is 4.98 Å². The van der Waals surface area contributed by atoms with Gasteiger partial charge in [0.25, 0.3) is 0 Å². The van der Waals surface area contributed by atoms with Gasteiger partial charge in [-0.05, 0) is 31.0 Å². The molecule has 0 fully saturated rings. The average molecular weight is 315 g/mol. The van der Waals surface area contributed by atoms with Crippen LogP contribution in [-0.2, 0) is 12.8 Å². The fourth-order valence-corrected chi connectivity index (χ4v) is 2.60. The summed E-state index contributed by atoms with van der Waals surface area (Å²) >= 11 is 1.50. The Balaban J connectivity index is 1.91. The summed E-state index contributed by atoms with van der Waals surface area (Å²) in [5, 5.41) is 5.39. The van der Waals surface area contributed by atoms with E-state index in [1.807, 2.05) is 12.3 Å². The van der Waals surface area contributed by atoms with Gasteiger partial charge in [0, 0.05) is 30.7 Å². The highest BCUT2D eigenvalue weighted by Gasteiger charge is 2.39. The summed E-state index contributed by atoms with van der Waals surface area (Å²) in [4.78, 5) is 8.05. The largest absolute Gasteiger partial charge is 0.404 e. The van der Waals surface area contributed by atoms with E-state index >= 15 is 0 Å². The molecule has 3 nitrogen and oxygen atoms in total. The van der Waals surface area contributed by atoms with Crippen molar-refractivity contribution in [2.75, 3.05) is 6.54 Å². The molecule has 1 atom stereocenters. The second kappa shape index (κ2) is 7.00. The number of rotatable bonds is 6. The van der Waals surface area contributed by atoms with Gasteiger partial charge in [0.15, 0.2) is 0 Å². The number of nitrogens with zero attached hydrogens (tertiary/aromatic N) is 2. The van der Waals surface area contributed by atoms with Crippen molar-refractivity contribution in [3.05, 3.63) is 46.2 Å². The lowest BCUT2D eigenvalue weighted by Gasteiger charge is -2.21. The first-order valence-electron chi connectivity index (χ1n) is 6.55. The first-order chi connectivity index (χ1) is 9.95. The van der Waals surface area contributed by atoms with Crippen LogP contribution in [-0.4, -0.2) is 28.7 Å². The number of nitrogens with one attached hydrogen (secondary N) is 1. The van der Waals surface area contributed by atoms with Crippen molar-refractivity contribution in [1.82, 2.24) is 15.3 Å². The number of halogens is 3. The number of pyridine rings is 1. The molecule has 2 rings (SSSR count). The fraction of sp³-hybridized carbons (Fsp3) is 0.429. The molecule has 0 saturated heterocycles. The van der Waals surface area contributed by atoms with Crippen LogP contribution in [0.15, 0.2) is 29.9 Å². The molecule has 2 aromatic heterocycles. The highest BCUT2D eigenvalue weighted by molar-refractivity contribution is 7.09. The average Bonchev–Trinajstić information content (AvgIpc) is 2.83. The number of hydrogen-bond donors (Lipinski definition) is 1. The number of hydrogen-bond acceptors (Lipinski definition) is 4. The van der Waals surface area contributed by atoms with Gasteiger partial charge < -0.3 is 5.32 Å². The van der Waals surface area contributed by atoms with Gasteiger partial charge >= 0.3 is 6.18 Å². The van der Waals surface area contributed by atoms with Crippen molar-refractivity contribution >= 4 is 11.3 Å². The summed E-state index contributed by atoms with van der Waals surface area (Å²) in [6.45, 7) is 2.13. The summed E-state index contributed by atoms with van der Waals surface area (Å²) in [5.74, 6) is 0. The van der Waals surface area contributed by atoms with Gasteiger partial charge in [0.05, 0.1) is 10.7 Å². The summed E-state index contributed by atoms with van der Waals surface area (Å²) in [5.41, 5.74) is 1.44. The molecule has 0 aliphatic rings. The van der Waals surface area contributed by atoms with Gasteiger partial charge in [-0.1, -0.05) is 0 Å². The summed E-state index contributed by atoms with van der Waals surface area (Å²) in [7, 11) is 0. The lowest BCUT2D eigenvalue weighted by molar-refractivity contribution is -0.155. The van der Waals surface area contributed by atoms with Crippen LogP contribution < -0.4 is 5.32 Å². The lowest BCUT2D eigenvalue weighted by atomic mass is 10.1. The van der Waals surface area contributed by atoms with E-state index in [1.54, 1.807) is 12.1 Å². The maximum absolute atomic E-state index is 13.0. The van der Waals surface area contributed by atoms with Crippen LogP contribution in [0.1, 0.15) is 16.3 Å². The maximum Gasteiger partial charge on any atom is 0.404 e. The third-order valence-electron chi connectivity index (χ3n) is 3.02. The molecular weight excluding hydrogens is 299 g/mol. The number of thiazole rings is 1. The van der Waals surface area contributed by atoms with E-state index < -0.39 is 12.2 Å². The SMILES string of the molecule is Cc1nc(CCNC(Cc2ccncc2)C(F)(F)F)cs1. The first-order valence-corrected chi connectivity index (χ1v) is 7.43. The lowest BCUT2D eigenvalue weighted by Crippen LogP contribution is -2.44. The van der Waals surface area contributed by atoms with Crippen molar-refractivity contribution in [3.8, 4) is 0 Å². The van der Waals surface area contributed by atoms with Crippen LogP contribution in [0.3, 0.4) is 0 Å². The van der Waals surface area contributed by atoms with Crippen molar-refractivity contribution in [3.63, 3.8) is 0 Å². The van der Waals surface area contributed by atoms with Crippen molar-refractivity contribution in [2.45, 2.75) is 32.0 Å². The Hall–Kier alpha value is -1.47. The minimum Gasteiger partial charge on any atom is -0.305 e. The third-order valence-corrected chi connectivity index (χ3v) is 3.85. The minimum atomic E-state index is -4.28. The molecule has 0 saturated carbocycles. The second-order valence-corrected chi connectivity index (χ2v) is 5.78. The van der Waals surface area contributed by atoms with Crippen LogP contribution >= 0.6 is 11.3 Å². The summed E-state index contributed by atoms with van der Waals surface area (Å²) in [6, 6.07) is 1.65. The smallest absolute Gasteiger partial charge is 0.305 e. The molecule has 0 aliphatic heterocycles. The second-order valence-electron chi connectivity index (χ2n) is 4.72. The zero-order valence-corrected chi connectivity index (χ0v) is 12.3. The Morgan fingerprint density at radius 2 is 2.00 bits per heavy atom. The molecule has 1 unspecified atom stereocenters. The standard InChI is InChI=1S/C14H16F3N3S/c1-10-20-12(9-21-10)4-7-19-13(14(15,16)17)8-11-2-5-18-6-3-11/h2-3,5-6,9,13,19H,4,7-8H2,1H3. The molecule has 2 aromatic rings. The Bertz CT molecular complexity index is 554. The zero-order chi connectivity index (χ0) is 15.3. The van der Waals surface area contributed by atoms with Crippen LogP contribution in [0.25, 0.3) is 0 Å². The van der Waals surface area contributed by atoms with Gasteiger partial charge in [-0.25, -0.2) is 4.98 Å². The van der Waals surface area contributed by atoms with Crippen LogP contribution in [0, 0.1) is 6.92 Å². The molecule has 0 radical (unpaired) electrons. The van der Waals surface area contributed by atoms with Crippen molar-refractivity contribution in [1.29, 1.82) is 0 Å². The van der Waals surface area contributed by atoms with E-state index in [1.165, 1.54) is 23.7 Å². The molecule has 21 heavy (non-hydrogen) atoms. The Kier molecular flexibility index (Phi) is 5.30. The predicted octanol–water partition coefficient (Wildman–Crippen LogP) is 3.15. The van der Waals surface area contributed by atoms with Gasteiger partial charge in [0.2, 0.25) is 0 Å². The fourth-order valence-electron chi connectivity index (χ4n) is 1.96. The molecule has 0 amide bonds. The molecule has 0 bridgehead atoms. The summed E-state index contributed by atoms with van der Waals surface area (Å²) in [6.07, 6.45) is -0.877. The highest BCUT2D eigenvalue weighted by Crippen LogP contribution is 2.23. The molecule has 0 aromatic carbocycles. The van der Waals surface area contributed by atoms with E-state index in [0.717, 1.165) is 10.7 Å². The van der Waals surface area contributed by atoms with Crippen molar-refractivity contribution < 1.29 is 13.2 Å². The number of aromatic nitrogens is 2. The summed E-state index contributed by atoms with van der Waals surface area (Å²) < 4.78 is 39.1. The number of aryl methyl sites for hydroxylation is 1. The van der Waals surface area contributed by atoms with Crippen molar-refractivity contribution in [2.24, 2.45) is 0 Å². The van der Waals surface area contributed by atoms with E-state index in [4.69, 9.17) is 0 Å². The minimum absolute atomic E-state index is 0.0951. The van der Waals surface area contributed by atoms with E-state index in [-0.39, 0.29) is 13.0 Å². The molecule has 0 spiro atoms. The maximum atomic E-state index is 13.0. The van der Waals surface area contributed by atoms with Gasteiger partial charge in [-0.15, -0.1) is 11.3 Å². The molecular formula is C14H16F3N3S. The van der Waals surface area contributed by atoms with Gasteiger partial charge in [0.1, 0.15) is 6.04 Å².